The zero-order valence-electron chi connectivity index (χ0n) is 6.91. The molecule has 11 heavy (non-hydrogen) atoms. The lowest BCUT2D eigenvalue weighted by molar-refractivity contribution is -0.143. The van der Waals surface area contributed by atoms with Gasteiger partial charge in [0, 0.05) is 20.2 Å². The van der Waals surface area contributed by atoms with E-state index in [9.17, 15) is 4.79 Å². The average Bonchev–Trinajstić information content (AvgIpc) is 1.85. The second-order valence-corrected chi connectivity index (χ2v) is 2.89. The van der Waals surface area contributed by atoms with Gasteiger partial charge in [0.1, 0.15) is 0 Å². The lowest BCUT2D eigenvalue weighted by Gasteiger charge is -2.38. The van der Waals surface area contributed by atoms with Crippen LogP contribution in [0.4, 0.5) is 0 Å². The number of hydrogen-bond acceptors (Lipinski definition) is 3. The summed E-state index contributed by atoms with van der Waals surface area (Å²) in [5.41, 5.74) is 5.40. The molecule has 0 unspecified atom stereocenters. The SMILES string of the molecule is COC1CN(C(=O)[C@H](C)N)C1. The predicted octanol–water partition coefficient (Wildman–Crippen LogP) is -0.809. The first-order valence-electron chi connectivity index (χ1n) is 3.72. The molecule has 1 atom stereocenters. The standard InChI is InChI=1S/C7H14N2O2/c1-5(8)7(10)9-3-6(4-9)11-2/h5-6H,3-4,8H2,1-2H3/t5-/m0/s1. The van der Waals surface area contributed by atoms with Gasteiger partial charge < -0.3 is 15.4 Å². The Morgan fingerprint density at radius 3 is 2.64 bits per heavy atom. The molecule has 4 heteroatoms. The molecule has 0 radical (unpaired) electrons. The highest BCUT2D eigenvalue weighted by Crippen LogP contribution is 2.11. The fourth-order valence-electron chi connectivity index (χ4n) is 1.06. The van der Waals surface area contributed by atoms with E-state index >= 15 is 0 Å². The van der Waals surface area contributed by atoms with Gasteiger partial charge in [-0.15, -0.1) is 0 Å². The monoisotopic (exact) mass is 158 g/mol. The summed E-state index contributed by atoms with van der Waals surface area (Å²) in [6.07, 6.45) is 0.220. The summed E-state index contributed by atoms with van der Waals surface area (Å²) >= 11 is 0. The van der Waals surface area contributed by atoms with Crippen LogP contribution in [0.3, 0.4) is 0 Å². The zero-order chi connectivity index (χ0) is 8.43. The van der Waals surface area contributed by atoms with Crippen molar-refractivity contribution in [3.05, 3.63) is 0 Å². The van der Waals surface area contributed by atoms with E-state index in [1.165, 1.54) is 0 Å². The van der Waals surface area contributed by atoms with Crippen LogP contribution in [0.2, 0.25) is 0 Å². The summed E-state index contributed by atoms with van der Waals surface area (Å²) in [4.78, 5) is 12.8. The average molecular weight is 158 g/mol. The minimum atomic E-state index is -0.382. The maximum atomic E-state index is 11.1. The maximum Gasteiger partial charge on any atom is 0.239 e. The number of carbonyl (C=O) groups is 1. The molecule has 1 rings (SSSR count). The third kappa shape index (κ3) is 1.70. The number of likely N-dealkylation sites (tertiary alicyclic amines) is 1. The highest BCUT2D eigenvalue weighted by Gasteiger charge is 2.31. The number of amides is 1. The first-order chi connectivity index (χ1) is 5.15. The van der Waals surface area contributed by atoms with Gasteiger partial charge in [0.05, 0.1) is 12.1 Å². The third-order valence-corrected chi connectivity index (χ3v) is 1.88. The van der Waals surface area contributed by atoms with Crippen LogP contribution < -0.4 is 5.73 Å². The molecule has 2 N–H and O–H groups in total. The smallest absolute Gasteiger partial charge is 0.239 e. The molecular formula is C7H14N2O2. The lowest BCUT2D eigenvalue weighted by atomic mass is 10.1. The van der Waals surface area contributed by atoms with Crippen molar-refractivity contribution < 1.29 is 9.53 Å². The molecule has 1 fully saturated rings. The predicted molar refractivity (Wildman–Crippen MR) is 41.0 cm³/mol. The number of methoxy groups -OCH3 is 1. The molecule has 1 saturated heterocycles. The molecule has 64 valence electrons. The van der Waals surface area contributed by atoms with Gasteiger partial charge in [-0.3, -0.25) is 4.79 Å². The molecule has 0 aromatic heterocycles. The third-order valence-electron chi connectivity index (χ3n) is 1.88. The van der Waals surface area contributed by atoms with Gasteiger partial charge in [-0.05, 0) is 6.92 Å². The van der Waals surface area contributed by atoms with E-state index in [0.29, 0.717) is 13.1 Å². The van der Waals surface area contributed by atoms with E-state index in [4.69, 9.17) is 10.5 Å². The van der Waals surface area contributed by atoms with Crippen molar-refractivity contribution in [3.8, 4) is 0 Å². The summed E-state index contributed by atoms with van der Waals surface area (Å²) in [7, 11) is 1.65. The highest BCUT2D eigenvalue weighted by molar-refractivity contribution is 5.82. The van der Waals surface area contributed by atoms with E-state index in [2.05, 4.69) is 0 Å². The van der Waals surface area contributed by atoms with Gasteiger partial charge in [0.15, 0.2) is 0 Å². The van der Waals surface area contributed by atoms with Gasteiger partial charge in [-0.2, -0.15) is 0 Å². The number of ether oxygens (including phenoxy) is 1. The molecule has 1 aliphatic rings. The Morgan fingerprint density at radius 1 is 1.73 bits per heavy atom. The van der Waals surface area contributed by atoms with Crippen molar-refractivity contribution in [3.63, 3.8) is 0 Å². The van der Waals surface area contributed by atoms with Crippen molar-refractivity contribution in [2.75, 3.05) is 20.2 Å². The minimum absolute atomic E-state index is 0.0123. The van der Waals surface area contributed by atoms with Crippen molar-refractivity contribution in [2.45, 2.75) is 19.1 Å². The van der Waals surface area contributed by atoms with Crippen LogP contribution in [0.15, 0.2) is 0 Å². The second-order valence-electron chi connectivity index (χ2n) is 2.89. The quantitative estimate of drug-likeness (QED) is 0.572. The summed E-state index contributed by atoms with van der Waals surface area (Å²) in [5.74, 6) is 0.0123. The molecule has 1 aliphatic heterocycles. The summed E-state index contributed by atoms with van der Waals surface area (Å²) < 4.78 is 5.01. The topological polar surface area (TPSA) is 55.6 Å². The molecule has 0 aromatic rings. The summed E-state index contributed by atoms with van der Waals surface area (Å²) in [5, 5.41) is 0. The molecule has 0 aliphatic carbocycles. The fourth-order valence-corrected chi connectivity index (χ4v) is 1.06. The lowest BCUT2D eigenvalue weighted by Crippen LogP contribution is -2.57. The minimum Gasteiger partial charge on any atom is -0.378 e. The molecule has 0 spiro atoms. The van der Waals surface area contributed by atoms with Crippen LogP contribution in [-0.4, -0.2) is 43.2 Å². The molecule has 4 nitrogen and oxygen atoms in total. The van der Waals surface area contributed by atoms with Crippen molar-refractivity contribution in [1.82, 2.24) is 4.90 Å². The molecule has 0 bridgehead atoms. The molecule has 1 amide bonds. The maximum absolute atomic E-state index is 11.1. The number of rotatable bonds is 2. The Hall–Kier alpha value is -0.610. The van der Waals surface area contributed by atoms with Crippen LogP contribution in [0.5, 0.6) is 0 Å². The normalized spacial score (nSPS) is 21.2. The molecule has 0 saturated carbocycles. The van der Waals surface area contributed by atoms with E-state index < -0.39 is 0 Å². The Kier molecular flexibility index (Phi) is 2.46. The van der Waals surface area contributed by atoms with Crippen LogP contribution in [-0.2, 0) is 9.53 Å². The second kappa shape index (κ2) is 3.19. The Morgan fingerprint density at radius 2 is 2.27 bits per heavy atom. The van der Waals surface area contributed by atoms with Gasteiger partial charge in [-0.1, -0.05) is 0 Å². The fraction of sp³-hybridized carbons (Fsp3) is 0.857. The summed E-state index contributed by atoms with van der Waals surface area (Å²) in [6.45, 7) is 3.08. The Bertz CT molecular complexity index is 153. The van der Waals surface area contributed by atoms with Gasteiger partial charge in [0.25, 0.3) is 0 Å². The zero-order valence-corrected chi connectivity index (χ0v) is 6.91. The van der Waals surface area contributed by atoms with Crippen LogP contribution in [0.25, 0.3) is 0 Å². The number of nitrogens with two attached hydrogens (primary N) is 1. The van der Waals surface area contributed by atoms with Crippen molar-refractivity contribution in [1.29, 1.82) is 0 Å². The first-order valence-corrected chi connectivity index (χ1v) is 3.72. The van der Waals surface area contributed by atoms with Gasteiger partial charge in [-0.25, -0.2) is 0 Å². The van der Waals surface area contributed by atoms with Crippen molar-refractivity contribution >= 4 is 5.91 Å². The largest absolute Gasteiger partial charge is 0.378 e. The first kappa shape index (κ1) is 8.49. The molecule has 0 aromatic carbocycles. The van der Waals surface area contributed by atoms with E-state index in [-0.39, 0.29) is 18.1 Å². The van der Waals surface area contributed by atoms with Gasteiger partial charge in [0.2, 0.25) is 5.91 Å². The van der Waals surface area contributed by atoms with E-state index in [1.54, 1.807) is 18.9 Å². The number of carbonyl (C=O) groups excluding carboxylic acids is 1. The van der Waals surface area contributed by atoms with Crippen LogP contribution >= 0.6 is 0 Å². The van der Waals surface area contributed by atoms with Crippen molar-refractivity contribution in [2.24, 2.45) is 5.73 Å². The molecular weight excluding hydrogens is 144 g/mol. The molecule has 1 heterocycles. The van der Waals surface area contributed by atoms with Crippen LogP contribution in [0, 0.1) is 0 Å². The number of nitrogens with zero attached hydrogens (tertiary/aromatic N) is 1. The van der Waals surface area contributed by atoms with Gasteiger partial charge >= 0.3 is 0 Å². The summed E-state index contributed by atoms with van der Waals surface area (Å²) in [6, 6.07) is -0.382. The van der Waals surface area contributed by atoms with E-state index in [0.717, 1.165) is 0 Å². The Labute approximate surface area is 66.3 Å². The van der Waals surface area contributed by atoms with Crippen LogP contribution in [0.1, 0.15) is 6.92 Å². The highest BCUT2D eigenvalue weighted by atomic mass is 16.5. The Balaban J connectivity index is 2.27. The number of hydrogen-bond donors (Lipinski definition) is 1. The van der Waals surface area contributed by atoms with E-state index in [1.807, 2.05) is 0 Å².